The van der Waals surface area contributed by atoms with Crippen molar-refractivity contribution < 1.29 is 14.7 Å². The summed E-state index contributed by atoms with van der Waals surface area (Å²) in [5, 5.41) is 14.4. The van der Waals surface area contributed by atoms with E-state index in [0.717, 1.165) is 0 Å². The van der Waals surface area contributed by atoms with E-state index in [-0.39, 0.29) is 29.8 Å². The standard InChI is InChI=1S/C13H26N2O3/c1-9(2)11(15-10(3)17)12(18)14-8-13(4,5)6-7-16/h9,11,16H,6-8H2,1-5H3,(H,14,18)(H,15,17). The zero-order chi connectivity index (χ0) is 14.3. The Morgan fingerprint density at radius 1 is 1.28 bits per heavy atom. The topological polar surface area (TPSA) is 78.4 Å². The molecule has 0 aromatic carbocycles. The molecule has 1 atom stereocenters. The third-order valence-electron chi connectivity index (χ3n) is 2.84. The lowest BCUT2D eigenvalue weighted by Gasteiger charge is -2.27. The number of hydrogen-bond acceptors (Lipinski definition) is 3. The van der Waals surface area contributed by atoms with E-state index < -0.39 is 6.04 Å². The normalized spacial score (nSPS) is 13.3. The molecule has 0 radical (unpaired) electrons. The van der Waals surface area contributed by atoms with E-state index >= 15 is 0 Å². The Labute approximate surface area is 109 Å². The van der Waals surface area contributed by atoms with Crippen LogP contribution in [0.1, 0.15) is 41.0 Å². The highest BCUT2D eigenvalue weighted by molar-refractivity contribution is 5.87. The van der Waals surface area contributed by atoms with Crippen molar-refractivity contribution in [1.29, 1.82) is 0 Å². The lowest BCUT2D eigenvalue weighted by Crippen LogP contribution is -2.50. The number of aliphatic hydroxyl groups is 1. The van der Waals surface area contributed by atoms with Crippen LogP contribution in [0.5, 0.6) is 0 Å². The number of rotatable bonds is 7. The third-order valence-corrected chi connectivity index (χ3v) is 2.84. The Balaban J connectivity index is 4.39. The predicted molar refractivity (Wildman–Crippen MR) is 70.9 cm³/mol. The summed E-state index contributed by atoms with van der Waals surface area (Å²) in [6.07, 6.45) is 0.625. The molecule has 0 aromatic heterocycles. The fraction of sp³-hybridized carbons (Fsp3) is 0.846. The van der Waals surface area contributed by atoms with Gasteiger partial charge in [-0.1, -0.05) is 27.7 Å². The van der Waals surface area contributed by atoms with Gasteiger partial charge in [-0.15, -0.1) is 0 Å². The van der Waals surface area contributed by atoms with E-state index in [1.165, 1.54) is 6.92 Å². The van der Waals surface area contributed by atoms with Crippen molar-refractivity contribution in [2.45, 2.75) is 47.1 Å². The number of aliphatic hydroxyl groups excluding tert-OH is 1. The fourth-order valence-corrected chi connectivity index (χ4v) is 1.58. The molecule has 1 unspecified atom stereocenters. The molecule has 0 saturated heterocycles. The maximum atomic E-state index is 12.0. The molecule has 0 saturated carbocycles. The van der Waals surface area contributed by atoms with Crippen molar-refractivity contribution in [3.05, 3.63) is 0 Å². The molecular weight excluding hydrogens is 232 g/mol. The van der Waals surface area contributed by atoms with Gasteiger partial charge < -0.3 is 15.7 Å². The van der Waals surface area contributed by atoms with Gasteiger partial charge >= 0.3 is 0 Å². The van der Waals surface area contributed by atoms with Crippen LogP contribution in [0.4, 0.5) is 0 Å². The molecule has 18 heavy (non-hydrogen) atoms. The number of nitrogens with one attached hydrogen (secondary N) is 2. The van der Waals surface area contributed by atoms with Crippen LogP contribution in [0.3, 0.4) is 0 Å². The molecule has 0 spiro atoms. The molecule has 5 nitrogen and oxygen atoms in total. The predicted octanol–water partition coefficient (Wildman–Crippen LogP) is 0.672. The SMILES string of the molecule is CC(=O)NC(C(=O)NCC(C)(C)CCO)C(C)C. The van der Waals surface area contributed by atoms with Crippen LogP contribution in [0.15, 0.2) is 0 Å². The van der Waals surface area contributed by atoms with Crippen molar-refractivity contribution in [3.8, 4) is 0 Å². The van der Waals surface area contributed by atoms with E-state index in [9.17, 15) is 9.59 Å². The van der Waals surface area contributed by atoms with Crippen molar-refractivity contribution in [1.82, 2.24) is 10.6 Å². The van der Waals surface area contributed by atoms with Crippen LogP contribution < -0.4 is 10.6 Å². The van der Waals surface area contributed by atoms with Crippen LogP contribution in [0, 0.1) is 11.3 Å². The molecule has 0 aromatic rings. The van der Waals surface area contributed by atoms with E-state index in [2.05, 4.69) is 10.6 Å². The summed E-state index contributed by atoms with van der Waals surface area (Å²) in [4.78, 5) is 23.0. The van der Waals surface area contributed by atoms with Crippen molar-refractivity contribution in [2.24, 2.45) is 11.3 Å². The van der Waals surface area contributed by atoms with Gasteiger partial charge in [0.2, 0.25) is 11.8 Å². The Bertz CT molecular complexity index is 288. The first kappa shape index (κ1) is 16.9. The van der Waals surface area contributed by atoms with Crippen LogP contribution in [0.25, 0.3) is 0 Å². The second-order valence-corrected chi connectivity index (χ2v) is 5.78. The maximum Gasteiger partial charge on any atom is 0.242 e. The van der Waals surface area contributed by atoms with Crippen LogP contribution in [0.2, 0.25) is 0 Å². The van der Waals surface area contributed by atoms with Crippen molar-refractivity contribution in [2.75, 3.05) is 13.2 Å². The van der Waals surface area contributed by atoms with Gasteiger partial charge in [0.25, 0.3) is 0 Å². The zero-order valence-electron chi connectivity index (χ0n) is 12.0. The molecule has 0 heterocycles. The quantitative estimate of drug-likeness (QED) is 0.628. The molecule has 0 aliphatic carbocycles. The van der Waals surface area contributed by atoms with Gasteiger partial charge in [-0.05, 0) is 17.8 Å². The summed E-state index contributed by atoms with van der Waals surface area (Å²) in [6.45, 7) is 9.71. The second-order valence-electron chi connectivity index (χ2n) is 5.78. The molecule has 0 aliphatic rings. The molecule has 106 valence electrons. The largest absolute Gasteiger partial charge is 0.396 e. The van der Waals surface area contributed by atoms with Gasteiger partial charge in [0.05, 0.1) is 0 Å². The first-order valence-electron chi connectivity index (χ1n) is 6.35. The third kappa shape index (κ3) is 6.59. The summed E-state index contributed by atoms with van der Waals surface area (Å²) in [5.41, 5.74) is -0.151. The van der Waals surface area contributed by atoms with Gasteiger partial charge in [-0.2, -0.15) is 0 Å². The summed E-state index contributed by atoms with van der Waals surface area (Å²) < 4.78 is 0. The number of carbonyl (C=O) groups excluding carboxylic acids is 2. The van der Waals surface area contributed by atoms with Gasteiger partial charge in [0, 0.05) is 20.1 Å². The molecular formula is C13H26N2O3. The maximum absolute atomic E-state index is 12.0. The number of amides is 2. The van der Waals surface area contributed by atoms with Crippen LogP contribution in [-0.2, 0) is 9.59 Å². The van der Waals surface area contributed by atoms with E-state index in [1.807, 2.05) is 27.7 Å². The highest BCUT2D eigenvalue weighted by Gasteiger charge is 2.25. The summed E-state index contributed by atoms with van der Waals surface area (Å²) in [7, 11) is 0. The van der Waals surface area contributed by atoms with Crippen molar-refractivity contribution >= 4 is 11.8 Å². The highest BCUT2D eigenvalue weighted by atomic mass is 16.3. The Kier molecular flexibility index (Phi) is 6.91. The first-order valence-corrected chi connectivity index (χ1v) is 6.35. The first-order chi connectivity index (χ1) is 8.19. The van der Waals surface area contributed by atoms with Crippen LogP contribution >= 0.6 is 0 Å². The summed E-state index contributed by atoms with van der Waals surface area (Å²) in [6, 6.07) is -0.507. The minimum absolute atomic E-state index is 0.0369. The molecule has 0 rings (SSSR count). The van der Waals surface area contributed by atoms with Gasteiger partial charge in [-0.3, -0.25) is 9.59 Å². The Hall–Kier alpha value is -1.10. The van der Waals surface area contributed by atoms with E-state index in [0.29, 0.717) is 13.0 Å². The Morgan fingerprint density at radius 3 is 2.22 bits per heavy atom. The van der Waals surface area contributed by atoms with Gasteiger partial charge in [0.15, 0.2) is 0 Å². The average molecular weight is 258 g/mol. The smallest absolute Gasteiger partial charge is 0.242 e. The summed E-state index contributed by atoms with van der Waals surface area (Å²) >= 11 is 0. The number of carbonyl (C=O) groups is 2. The highest BCUT2D eigenvalue weighted by Crippen LogP contribution is 2.18. The second kappa shape index (κ2) is 7.36. The van der Waals surface area contributed by atoms with E-state index in [1.54, 1.807) is 0 Å². The minimum Gasteiger partial charge on any atom is -0.396 e. The molecule has 0 bridgehead atoms. The average Bonchev–Trinajstić information content (AvgIpc) is 2.22. The molecule has 3 N–H and O–H groups in total. The van der Waals surface area contributed by atoms with E-state index in [4.69, 9.17) is 5.11 Å². The molecule has 0 aliphatic heterocycles. The number of hydrogen-bond donors (Lipinski definition) is 3. The van der Waals surface area contributed by atoms with Gasteiger partial charge in [-0.25, -0.2) is 0 Å². The minimum atomic E-state index is -0.507. The zero-order valence-corrected chi connectivity index (χ0v) is 12.0. The summed E-state index contributed by atoms with van der Waals surface area (Å²) in [5.74, 6) is -0.348. The van der Waals surface area contributed by atoms with Crippen molar-refractivity contribution in [3.63, 3.8) is 0 Å². The molecule has 0 fully saturated rings. The lowest BCUT2D eigenvalue weighted by atomic mass is 9.89. The lowest BCUT2D eigenvalue weighted by molar-refractivity contribution is -0.129. The monoisotopic (exact) mass is 258 g/mol. The molecule has 5 heteroatoms. The Morgan fingerprint density at radius 2 is 1.83 bits per heavy atom. The van der Waals surface area contributed by atoms with Gasteiger partial charge in [0.1, 0.15) is 6.04 Å². The molecule has 2 amide bonds. The van der Waals surface area contributed by atoms with Crippen LogP contribution in [-0.4, -0.2) is 36.1 Å². The fourth-order valence-electron chi connectivity index (χ4n) is 1.58.